The summed E-state index contributed by atoms with van der Waals surface area (Å²) in [6.07, 6.45) is 6.57. The Hall–Kier alpha value is -0.991. The second-order valence-corrected chi connectivity index (χ2v) is 10.0. The molecule has 0 saturated carbocycles. The number of aromatic nitrogens is 3. The van der Waals surface area contributed by atoms with E-state index >= 15 is 0 Å². The summed E-state index contributed by atoms with van der Waals surface area (Å²) in [4.78, 5) is 12.2. The molecule has 0 saturated heterocycles. The first-order valence-corrected chi connectivity index (χ1v) is 11.4. The molecule has 5 nitrogen and oxygen atoms in total. The van der Waals surface area contributed by atoms with Crippen molar-refractivity contribution < 1.29 is 8.42 Å². The summed E-state index contributed by atoms with van der Waals surface area (Å²) in [5, 5.41) is 0.484. The third-order valence-electron chi connectivity index (χ3n) is 2.99. The number of hydrogen-bond acceptors (Lipinski definition) is 5. The predicted octanol–water partition coefficient (Wildman–Crippen LogP) is 0.855. The van der Waals surface area contributed by atoms with Crippen LogP contribution in [0.2, 0.25) is 5.02 Å². The molecule has 0 amide bonds. The number of halogens is 1. The first-order valence-electron chi connectivity index (χ1n) is 6.06. The van der Waals surface area contributed by atoms with Crippen LogP contribution in [0, 0.1) is 0 Å². The van der Waals surface area contributed by atoms with Crippen LogP contribution in [-0.2, 0) is 16.3 Å². The van der Waals surface area contributed by atoms with Crippen molar-refractivity contribution in [3.63, 3.8) is 0 Å². The molecule has 3 rings (SSSR count). The Morgan fingerprint density at radius 3 is 2.57 bits per heavy atom. The molecule has 0 N–H and O–H groups in total. The molecule has 2 aromatic rings. The average Bonchev–Trinajstić information content (AvgIpc) is 2.81. The van der Waals surface area contributed by atoms with Gasteiger partial charge in [0.25, 0.3) is 0 Å². The summed E-state index contributed by atoms with van der Waals surface area (Å²) < 4.78 is 26.1. The number of rotatable bonds is 3. The molecular weight excluding hydrogens is 416 g/mol. The second-order valence-electron chi connectivity index (χ2n) is 4.69. The van der Waals surface area contributed by atoms with Gasteiger partial charge in [-0.25, -0.2) is 0 Å². The van der Waals surface area contributed by atoms with Crippen molar-refractivity contribution in [2.24, 2.45) is 0 Å². The first kappa shape index (κ1) is 14.9. The van der Waals surface area contributed by atoms with Gasteiger partial charge in [-0.3, -0.25) is 0 Å². The van der Waals surface area contributed by atoms with Gasteiger partial charge in [0, 0.05) is 0 Å². The molecule has 0 bridgehead atoms. The van der Waals surface area contributed by atoms with Crippen molar-refractivity contribution in [1.29, 1.82) is 0 Å². The molecule has 0 atom stereocenters. The summed E-state index contributed by atoms with van der Waals surface area (Å²) in [7, 11) is -3.36. The second kappa shape index (κ2) is 5.66. The summed E-state index contributed by atoms with van der Waals surface area (Å²) >= 11 is 5.23. The van der Waals surface area contributed by atoms with Crippen LogP contribution in [-0.4, -0.2) is 50.8 Å². The van der Waals surface area contributed by atoms with E-state index in [-0.39, 0.29) is 5.16 Å². The van der Waals surface area contributed by atoms with Crippen LogP contribution >= 0.6 is 11.6 Å². The zero-order valence-corrected chi connectivity index (χ0v) is 15.5. The average molecular weight is 426 g/mol. The fourth-order valence-electron chi connectivity index (χ4n) is 2.02. The van der Waals surface area contributed by atoms with Crippen molar-refractivity contribution in [1.82, 2.24) is 15.0 Å². The van der Waals surface area contributed by atoms with Crippen LogP contribution in [0.15, 0.2) is 33.9 Å². The van der Waals surface area contributed by atoms with Gasteiger partial charge in [0.15, 0.2) is 0 Å². The Morgan fingerprint density at radius 1 is 1.19 bits per heavy atom. The van der Waals surface area contributed by atoms with Crippen LogP contribution < -0.4 is 3.71 Å². The molecule has 0 aliphatic carbocycles. The minimum absolute atomic E-state index is 0.145. The molecule has 8 heteroatoms. The fraction of sp³-hybridized carbons (Fsp3) is 0.154. The van der Waals surface area contributed by atoms with Gasteiger partial charge in [-0.05, 0) is 0 Å². The Kier molecular flexibility index (Phi) is 4.02. The maximum atomic E-state index is 11.3. The van der Waals surface area contributed by atoms with Gasteiger partial charge < -0.3 is 0 Å². The molecule has 2 aromatic heterocycles. The molecule has 1 aliphatic rings. The molecule has 21 heavy (non-hydrogen) atoms. The molecular formula is C13H10ClN3O2SSn. The number of pyridine rings is 1. The molecule has 1 aliphatic heterocycles. The van der Waals surface area contributed by atoms with Gasteiger partial charge in [0.1, 0.15) is 0 Å². The van der Waals surface area contributed by atoms with E-state index in [4.69, 9.17) is 11.6 Å². The number of sulfone groups is 1. The van der Waals surface area contributed by atoms with E-state index in [1.165, 1.54) is 9.28 Å². The van der Waals surface area contributed by atoms with Crippen molar-refractivity contribution in [2.75, 3.05) is 6.26 Å². The molecule has 0 fully saturated rings. The third-order valence-corrected chi connectivity index (χ3v) is 7.40. The van der Waals surface area contributed by atoms with Crippen molar-refractivity contribution in [3.05, 3.63) is 44.9 Å². The maximum absolute atomic E-state index is 11.3. The van der Waals surface area contributed by atoms with Crippen LogP contribution in [0.3, 0.4) is 0 Å². The van der Waals surface area contributed by atoms with Crippen molar-refractivity contribution in [3.8, 4) is 0 Å². The minimum atomic E-state index is -3.36. The Bertz CT molecular complexity index is 835. The number of nitrogens with zero attached hydrogens (tertiary/aromatic N) is 3. The van der Waals surface area contributed by atoms with E-state index in [2.05, 4.69) is 19.0 Å². The van der Waals surface area contributed by atoms with E-state index in [1.807, 2.05) is 6.07 Å². The van der Waals surface area contributed by atoms with E-state index in [0.29, 0.717) is 11.4 Å². The summed E-state index contributed by atoms with van der Waals surface area (Å²) in [6.45, 7) is 0. The number of allylic oxidation sites excluding steroid dienone is 1. The normalized spacial score (nSPS) is 13.9. The quantitative estimate of drug-likeness (QED) is 0.538. The van der Waals surface area contributed by atoms with Crippen LogP contribution in [0.5, 0.6) is 0 Å². The molecule has 0 aromatic carbocycles. The molecule has 2 radical (unpaired) electrons. The molecule has 3 heterocycles. The molecule has 106 valence electrons. The van der Waals surface area contributed by atoms with E-state index in [0.717, 1.165) is 17.4 Å². The van der Waals surface area contributed by atoms with E-state index in [1.54, 1.807) is 18.6 Å². The van der Waals surface area contributed by atoms with Gasteiger partial charge in [-0.2, -0.15) is 0 Å². The Balaban J connectivity index is 1.85. The van der Waals surface area contributed by atoms with Crippen molar-refractivity contribution in [2.45, 2.75) is 11.6 Å². The number of fused-ring (bicyclic) bond motifs is 1. The fourth-order valence-corrected chi connectivity index (χ4v) is 5.80. The molecule has 0 spiro atoms. The van der Waals surface area contributed by atoms with Gasteiger partial charge in [-0.1, -0.05) is 0 Å². The predicted molar refractivity (Wildman–Crippen MR) is 81.5 cm³/mol. The van der Waals surface area contributed by atoms with Crippen LogP contribution in [0.1, 0.15) is 11.1 Å². The van der Waals surface area contributed by atoms with E-state index < -0.39 is 31.0 Å². The zero-order chi connectivity index (χ0) is 15.0. The Labute approximate surface area is 137 Å². The van der Waals surface area contributed by atoms with Gasteiger partial charge >= 0.3 is 138 Å². The monoisotopic (exact) mass is 427 g/mol. The zero-order valence-electron chi connectivity index (χ0n) is 11.0. The van der Waals surface area contributed by atoms with Gasteiger partial charge in [-0.15, -0.1) is 0 Å². The topological polar surface area (TPSA) is 72.8 Å². The Morgan fingerprint density at radius 2 is 1.90 bits per heavy atom. The first-order chi connectivity index (χ1) is 9.93. The third kappa shape index (κ3) is 3.27. The van der Waals surface area contributed by atoms with Gasteiger partial charge in [0.2, 0.25) is 0 Å². The summed E-state index contributed by atoms with van der Waals surface area (Å²) in [5.74, 6) is 0. The van der Waals surface area contributed by atoms with Gasteiger partial charge in [0.05, 0.1) is 0 Å². The standard InChI is InChI=1S/C13H10ClN3O2S.Sn/c1-9(11-4-12(14)8-15-7-11)3-10-5-16-13(17-6-10)20(2,18)19;/h1,4-6,8H,3H2,2H3;. The number of hydrogen-bond donors (Lipinski definition) is 0. The SMILES string of the molecule is CS(=O)(=O)c1ncc(CC2=[CH][Sn][c]3ncc(Cl)cc32)cn1. The van der Waals surface area contributed by atoms with Crippen molar-refractivity contribution >= 4 is 51.9 Å². The van der Waals surface area contributed by atoms with Crippen LogP contribution in [0.4, 0.5) is 0 Å². The summed E-state index contributed by atoms with van der Waals surface area (Å²) in [5.41, 5.74) is 3.17. The van der Waals surface area contributed by atoms with Crippen LogP contribution in [0.25, 0.3) is 5.57 Å². The summed E-state index contributed by atoms with van der Waals surface area (Å²) in [6, 6.07) is 1.94. The van der Waals surface area contributed by atoms with E-state index in [9.17, 15) is 8.42 Å². The molecule has 0 unspecified atom stereocenters.